The molecule has 4 aromatic rings. The van der Waals surface area contributed by atoms with Gasteiger partial charge in [0.05, 0.1) is 19.9 Å². The van der Waals surface area contributed by atoms with Gasteiger partial charge in [-0.2, -0.15) is 5.10 Å². The molecule has 1 saturated heterocycles. The lowest BCUT2D eigenvalue weighted by molar-refractivity contribution is 0.0586. The number of carbonyl (C=O) groups excluding carboxylic acids is 2. The van der Waals surface area contributed by atoms with E-state index in [2.05, 4.69) is 13.0 Å². The summed E-state index contributed by atoms with van der Waals surface area (Å²) in [4.78, 5) is 28.6. The van der Waals surface area contributed by atoms with Gasteiger partial charge >= 0.3 is 0 Å². The monoisotopic (exact) mass is 565 g/mol. The standard InChI is InChI=1S/C34H35N3O5/c1-22-21-36(16-15-23(22)17-29(38)32-19-25-9-7-8-12-30(25)42-32)34(39)27-20-26-10-5-4-6-11-28(37(26)35-27)24-13-14-31(40-2)33(18-24)41-3/h4,6-9,11-14,18-20,22-23H,5,10,15-17,21H2,1-3H3/b6-4-,28-11-/t22-,23?/m0/s1. The molecule has 216 valence electrons. The number of furan rings is 1. The van der Waals surface area contributed by atoms with Crippen LogP contribution in [0.25, 0.3) is 16.7 Å². The Bertz CT molecular complexity index is 1660. The Morgan fingerprint density at radius 1 is 1.05 bits per heavy atom. The number of methoxy groups -OCH3 is 2. The number of Topliss-reactive ketones (excluding diaryl/α,β-unsaturated/α-hetero) is 1. The van der Waals surface area contributed by atoms with E-state index < -0.39 is 0 Å². The van der Waals surface area contributed by atoms with Gasteiger partial charge in [-0.3, -0.25) is 9.59 Å². The molecule has 0 saturated carbocycles. The summed E-state index contributed by atoms with van der Waals surface area (Å²) in [5, 5.41) is 5.75. The van der Waals surface area contributed by atoms with Crippen LogP contribution in [-0.2, 0) is 6.42 Å². The summed E-state index contributed by atoms with van der Waals surface area (Å²) in [6.45, 7) is 3.29. The molecule has 0 radical (unpaired) electrons. The maximum atomic E-state index is 13.7. The maximum Gasteiger partial charge on any atom is 0.274 e. The molecule has 2 aliphatic heterocycles. The molecule has 0 spiro atoms. The number of hydrogen-bond donors (Lipinski definition) is 0. The molecule has 0 aliphatic carbocycles. The number of amides is 1. The van der Waals surface area contributed by atoms with E-state index in [0.717, 1.165) is 47.2 Å². The van der Waals surface area contributed by atoms with Gasteiger partial charge in [0.2, 0.25) is 0 Å². The minimum absolute atomic E-state index is 0.0137. The molecule has 2 aromatic heterocycles. The second-order valence-corrected chi connectivity index (χ2v) is 11.1. The highest BCUT2D eigenvalue weighted by Gasteiger charge is 2.32. The first-order valence-electron chi connectivity index (χ1n) is 14.4. The van der Waals surface area contributed by atoms with Crippen LogP contribution in [-0.4, -0.2) is 53.7 Å². The first-order valence-corrected chi connectivity index (χ1v) is 14.4. The van der Waals surface area contributed by atoms with Crippen LogP contribution in [0.5, 0.6) is 11.5 Å². The fourth-order valence-corrected chi connectivity index (χ4v) is 5.98. The molecule has 8 nitrogen and oxygen atoms in total. The van der Waals surface area contributed by atoms with Crippen molar-refractivity contribution in [2.75, 3.05) is 27.3 Å². The molecule has 4 heterocycles. The number of aryl methyl sites for hydroxylation is 1. The van der Waals surface area contributed by atoms with E-state index >= 15 is 0 Å². The first kappa shape index (κ1) is 27.6. The molecule has 1 amide bonds. The summed E-state index contributed by atoms with van der Waals surface area (Å²) in [5.74, 6) is 1.97. The zero-order chi connectivity index (χ0) is 29.2. The van der Waals surface area contributed by atoms with Crippen LogP contribution in [0.3, 0.4) is 0 Å². The quantitative estimate of drug-likeness (QED) is 0.241. The number of para-hydroxylation sites is 1. The van der Waals surface area contributed by atoms with Gasteiger partial charge in [0, 0.05) is 36.2 Å². The molecule has 1 fully saturated rings. The van der Waals surface area contributed by atoms with E-state index in [4.69, 9.17) is 19.0 Å². The molecule has 0 bridgehead atoms. The number of fused-ring (bicyclic) bond motifs is 2. The molecule has 2 aliphatic rings. The minimum atomic E-state index is -0.0808. The fourth-order valence-electron chi connectivity index (χ4n) is 5.98. The Labute approximate surface area is 245 Å². The largest absolute Gasteiger partial charge is 0.493 e. The number of aromatic nitrogens is 2. The van der Waals surface area contributed by atoms with Crippen molar-refractivity contribution in [3.05, 3.63) is 95.5 Å². The van der Waals surface area contributed by atoms with Crippen molar-refractivity contribution in [3.8, 4) is 11.5 Å². The predicted octanol–water partition coefficient (Wildman–Crippen LogP) is 6.41. The lowest BCUT2D eigenvalue weighted by Crippen LogP contribution is -2.43. The third-order valence-electron chi connectivity index (χ3n) is 8.39. The van der Waals surface area contributed by atoms with Crippen molar-refractivity contribution in [1.29, 1.82) is 0 Å². The number of piperidine rings is 1. The molecule has 2 atom stereocenters. The van der Waals surface area contributed by atoms with Crippen molar-refractivity contribution >= 4 is 28.4 Å². The third kappa shape index (κ3) is 5.36. The summed E-state index contributed by atoms with van der Waals surface area (Å²) in [5.41, 5.74) is 3.90. The lowest BCUT2D eigenvalue weighted by atomic mass is 9.83. The van der Waals surface area contributed by atoms with Gasteiger partial charge in [0.25, 0.3) is 5.91 Å². The van der Waals surface area contributed by atoms with Gasteiger partial charge < -0.3 is 18.8 Å². The van der Waals surface area contributed by atoms with E-state index in [1.807, 2.05) is 76.3 Å². The minimum Gasteiger partial charge on any atom is -0.493 e. The van der Waals surface area contributed by atoms with Gasteiger partial charge in [0.1, 0.15) is 5.58 Å². The number of ketones is 1. The van der Waals surface area contributed by atoms with Gasteiger partial charge in [-0.15, -0.1) is 0 Å². The average molecular weight is 566 g/mol. The van der Waals surface area contributed by atoms with Crippen LogP contribution in [0, 0.1) is 11.8 Å². The number of ether oxygens (including phenoxy) is 2. The summed E-state index contributed by atoms with van der Waals surface area (Å²) < 4.78 is 18.6. The average Bonchev–Trinajstić information content (AvgIpc) is 3.62. The smallest absolute Gasteiger partial charge is 0.274 e. The first-order chi connectivity index (χ1) is 20.4. The topological polar surface area (TPSA) is 86.8 Å². The molecular formula is C34H35N3O5. The van der Waals surface area contributed by atoms with Crippen LogP contribution in [0.4, 0.5) is 0 Å². The van der Waals surface area contributed by atoms with Crippen LogP contribution in [0.2, 0.25) is 0 Å². The zero-order valence-electron chi connectivity index (χ0n) is 24.2. The van der Waals surface area contributed by atoms with E-state index in [-0.39, 0.29) is 23.5 Å². The van der Waals surface area contributed by atoms with Crippen molar-refractivity contribution < 1.29 is 23.5 Å². The van der Waals surface area contributed by atoms with Gasteiger partial charge in [-0.1, -0.05) is 37.3 Å². The normalized spacial score (nSPS) is 20.6. The van der Waals surface area contributed by atoms with Crippen LogP contribution >= 0.6 is 0 Å². The molecule has 2 aromatic carbocycles. The van der Waals surface area contributed by atoms with Crippen LogP contribution in [0.1, 0.15) is 58.5 Å². The van der Waals surface area contributed by atoms with E-state index in [1.165, 1.54) is 0 Å². The number of hydrogen-bond acceptors (Lipinski definition) is 6. The number of carbonyl (C=O) groups is 2. The SMILES string of the molecule is COc1ccc(/C2=C/C=C\CCc3cc(C(=O)N4CCC(CC(=O)c5cc6ccccc6o5)[C@@H](C)C4)nn32)cc1OC. The molecule has 1 unspecified atom stereocenters. The van der Waals surface area contributed by atoms with Crippen molar-refractivity contribution in [2.45, 2.75) is 32.6 Å². The van der Waals surface area contributed by atoms with Gasteiger partial charge in [0.15, 0.2) is 28.7 Å². The highest BCUT2D eigenvalue weighted by atomic mass is 16.5. The number of nitrogens with zero attached hydrogens (tertiary/aromatic N) is 3. The summed E-state index contributed by atoms with van der Waals surface area (Å²) in [6, 6.07) is 17.2. The van der Waals surface area contributed by atoms with E-state index in [1.54, 1.807) is 14.2 Å². The van der Waals surface area contributed by atoms with Crippen molar-refractivity contribution in [3.63, 3.8) is 0 Å². The lowest BCUT2D eigenvalue weighted by Gasteiger charge is -2.36. The van der Waals surface area contributed by atoms with Gasteiger partial charge in [-0.25, -0.2) is 4.68 Å². The third-order valence-corrected chi connectivity index (χ3v) is 8.39. The van der Waals surface area contributed by atoms with E-state index in [0.29, 0.717) is 42.5 Å². The number of likely N-dealkylation sites (tertiary alicyclic amines) is 1. The Morgan fingerprint density at radius 2 is 1.88 bits per heavy atom. The second kappa shape index (κ2) is 11.7. The molecule has 42 heavy (non-hydrogen) atoms. The Kier molecular flexibility index (Phi) is 7.69. The number of rotatable bonds is 7. The highest BCUT2D eigenvalue weighted by Crippen LogP contribution is 2.33. The Balaban J connectivity index is 1.17. The maximum absolute atomic E-state index is 13.7. The predicted molar refractivity (Wildman–Crippen MR) is 161 cm³/mol. The number of allylic oxidation sites excluding steroid dienone is 3. The zero-order valence-corrected chi connectivity index (χ0v) is 24.2. The molecule has 0 N–H and O–H groups in total. The highest BCUT2D eigenvalue weighted by molar-refractivity contribution is 5.97. The summed E-state index contributed by atoms with van der Waals surface area (Å²) in [6.07, 6.45) is 8.95. The Morgan fingerprint density at radius 3 is 2.67 bits per heavy atom. The summed E-state index contributed by atoms with van der Waals surface area (Å²) in [7, 11) is 3.23. The second-order valence-electron chi connectivity index (χ2n) is 11.1. The Hall–Kier alpha value is -4.59. The number of benzene rings is 2. The fraction of sp³-hybridized carbons (Fsp3) is 0.324. The van der Waals surface area contributed by atoms with Crippen molar-refractivity contribution in [2.24, 2.45) is 11.8 Å². The van der Waals surface area contributed by atoms with Crippen molar-refractivity contribution in [1.82, 2.24) is 14.7 Å². The van der Waals surface area contributed by atoms with Crippen LogP contribution in [0.15, 0.2) is 77.2 Å². The summed E-state index contributed by atoms with van der Waals surface area (Å²) >= 11 is 0. The molecule has 6 rings (SSSR count). The van der Waals surface area contributed by atoms with E-state index in [9.17, 15) is 9.59 Å². The van der Waals surface area contributed by atoms with Gasteiger partial charge in [-0.05, 0) is 73.6 Å². The molecule has 8 heteroatoms. The van der Waals surface area contributed by atoms with Crippen LogP contribution < -0.4 is 9.47 Å². The molecular weight excluding hydrogens is 530 g/mol.